The van der Waals surface area contributed by atoms with Crippen molar-refractivity contribution in [3.8, 4) is 0 Å². The predicted molar refractivity (Wildman–Crippen MR) is 102 cm³/mol. The Labute approximate surface area is 154 Å². The number of aryl methyl sites for hydroxylation is 1. The minimum atomic E-state index is -0.406. The highest BCUT2D eigenvalue weighted by Gasteiger charge is 2.37. The quantitative estimate of drug-likeness (QED) is 0.435. The fourth-order valence-corrected chi connectivity index (χ4v) is 3.56. The number of amides is 2. The molecule has 1 fully saturated rings. The van der Waals surface area contributed by atoms with E-state index in [2.05, 4.69) is 0 Å². The number of carbonyl (C=O) groups excluding carboxylic acids is 2. The summed E-state index contributed by atoms with van der Waals surface area (Å²) in [6.45, 7) is 1.93. The van der Waals surface area contributed by atoms with E-state index in [1.165, 1.54) is 0 Å². The number of thioether (sulfide) groups is 1. The zero-order chi connectivity index (χ0) is 17.3. The summed E-state index contributed by atoms with van der Waals surface area (Å²) in [5.41, 5.74) is 2.30. The highest BCUT2D eigenvalue weighted by atomic mass is 35.5. The number of thiocarbonyl (C=S) groups is 1. The predicted octanol–water partition coefficient (Wildman–Crippen LogP) is 4.69. The summed E-state index contributed by atoms with van der Waals surface area (Å²) in [7, 11) is 0. The molecule has 2 aromatic rings. The maximum absolute atomic E-state index is 12.6. The first-order valence-electron chi connectivity index (χ1n) is 7.10. The molecule has 1 heterocycles. The van der Waals surface area contributed by atoms with Crippen molar-refractivity contribution < 1.29 is 9.59 Å². The van der Waals surface area contributed by atoms with Crippen molar-refractivity contribution in [3.05, 3.63) is 75.1 Å². The van der Waals surface area contributed by atoms with Crippen molar-refractivity contribution in [2.75, 3.05) is 0 Å². The number of carbonyl (C=O) groups is 2. The molecule has 3 rings (SSSR count). The van der Waals surface area contributed by atoms with Crippen molar-refractivity contribution in [1.82, 2.24) is 4.90 Å². The first kappa shape index (κ1) is 16.9. The molecular formula is C18H12ClNO2S2. The fraction of sp³-hybridized carbons (Fsp3) is 0.0556. The van der Waals surface area contributed by atoms with E-state index >= 15 is 0 Å². The summed E-state index contributed by atoms with van der Waals surface area (Å²) in [5, 5.41) is 0.620. The molecule has 0 spiro atoms. The standard InChI is InChI=1S/C18H12ClNO2S2/c1-11-2-6-13(7-3-11)16(21)20-17(22)15(24-18(20)23)10-12-4-8-14(19)9-5-12/h2-10H,1H3/b15-10-. The van der Waals surface area contributed by atoms with Gasteiger partial charge in [-0.05, 0) is 42.8 Å². The molecule has 0 saturated carbocycles. The van der Waals surface area contributed by atoms with Gasteiger partial charge in [-0.15, -0.1) is 0 Å². The normalized spacial score (nSPS) is 16.1. The topological polar surface area (TPSA) is 37.4 Å². The lowest BCUT2D eigenvalue weighted by Crippen LogP contribution is -2.34. The Bertz CT molecular complexity index is 858. The molecule has 2 amide bonds. The zero-order valence-corrected chi connectivity index (χ0v) is 15.0. The number of halogens is 1. The Kier molecular flexibility index (Phi) is 4.85. The largest absolute Gasteiger partial charge is 0.273 e. The van der Waals surface area contributed by atoms with Crippen LogP contribution in [0.15, 0.2) is 53.4 Å². The Morgan fingerprint density at radius 2 is 1.75 bits per heavy atom. The molecule has 0 radical (unpaired) electrons. The van der Waals surface area contributed by atoms with Gasteiger partial charge in [-0.25, -0.2) is 4.90 Å². The summed E-state index contributed by atoms with van der Waals surface area (Å²) in [4.78, 5) is 26.6. The van der Waals surface area contributed by atoms with E-state index in [0.717, 1.165) is 27.8 Å². The molecule has 1 aliphatic heterocycles. The van der Waals surface area contributed by atoms with Gasteiger partial charge in [0.25, 0.3) is 11.8 Å². The molecule has 0 atom stereocenters. The van der Waals surface area contributed by atoms with Crippen molar-refractivity contribution in [3.63, 3.8) is 0 Å². The number of hydrogen-bond donors (Lipinski definition) is 0. The van der Waals surface area contributed by atoms with Crippen LogP contribution in [0.3, 0.4) is 0 Å². The molecular weight excluding hydrogens is 362 g/mol. The first-order valence-corrected chi connectivity index (χ1v) is 8.70. The highest BCUT2D eigenvalue weighted by molar-refractivity contribution is 8.26. The van der Waals surface area contributed by atoms with Gasteiger partial charge in [-0.1, -0.05) is 65.4 Å². The van der Waals surface area contributed by atoms with Crippen LogP contribution in [0.4, 0.5) is 0 Å². The molecule has 0 N–H and O–H groups in total. The van der Waals surface area contributed by atoms with Crippen molar-refractivity contribution in [1.29, 1.82) is 0 Å². The molecule has 0 bridgehead atoms. The maximum Gasteiger partial charge on any atom is 0.273 e. The summed E-state index contributed by atoms with van der Waals surface area (Å²) >= 11 is 12.2. The van der Waals surface area contributed by atoms with Gasteiger partial charge in [0.05, 0.1) is 4.91 Å². The van der Waals surface area contributed by atoms with Crippen LogP contribution in [-0.4, -0.2) is 21.0 Å². The summed E-state index contributed by atoms with van der Waals surface area (Å²) in [6, 6.07) is 14.1. The SMILES string of the molecule is Cc1ccc(C(=O)N2C(=O)/C(=C/c3ccc(Cl)cc3)SC2=S)cc1. The van der Waals surface area contributed by atoms with E-state index in [4.69, 9.17) is 23.8 Å². The average molecular weight is 374 g/mol. The molecule has 6 heteroatoms. The van der Waals surface area contributed by atoms with Gasteiger partial charge >= 0.3 is 0 Å². The summed E-state index contributed by atoms with van der Waals surface area (Å²) < 4.78 is 0.241. The Morgan fingerprint density at radius 3 is 2.38 bits per heavy atom. The molecule has 24 heavy (non-hydrogen) atoms. The van der Waals surface area contributed by atoms with Gasteiger partial charge in [0.1, 0.15) is 0 Å². The fourth-order valence-electron chi connectivity index (χ4n) is 2.18. The van der Waals surface area contributed by atoms with Crippen LogP contribution >= 0.6 is 35.6 Å². The first-order chi connectivity index (χ1) is 11.5. The minimum Gasteiger partial charge on any atom is -0.268 e. The second-order valence-corrected chi connectivity index (χ2v) is 7.35. The Hall–Kier alpha value is -1.95. The lowest BCUT2D eigenvalue weighted by Gasteiger charge is -2.12. The summed E-state index contributed by atoms with van der Waals surface area (Å²) in [6.07, 6.45) is 1.71. The van der Waals surface area contributed by atoms with Crippen LogP contribution in [0.2, 0.25) is 5.02 Å². The second kappa shape index (κ2) is 6.89. The Balaban J connectivity index is 1.87. The lowest BCUT2D eigenvalue weighted by atomic mass is 10.1. The van der Waals surface area contributed by atoms with Gasteiger partial charge in [0, 0.05) is 10.6 Å². The van der Waals surface area contributed by atoms with Gasteiger partial charge in [-0.3, -0.25) is 9.59 Å². The van der Waals surface area contributed by atoms with Gasteiger partial charge < -0.3 is 0 Å². The van der Waals surface area contributed by atoms with Crippen LogP contribution < -0.4 is 0 Å². The smallest absolute Gasteiger partial charge is 0.268 e. The van der Waals surface area contributed by atoms with Crippen molar-refractivity contribution in [2.24, 2.45) is 0 Å². The van der Waals surface area contributed by atoms with Crippen LogP contribution in [0.1, 0.15) is 21.5 Å². The van der Waals surface area contributed by atoms with E-state index in [9.17, 15) is 9.59 Å². The van der Waals surface area contributed by atoms with Gasteiger partial charge in [0.15, 0.2) is 4.32 Å². The molecule has 3 nitrogen and oxygen atoms in total. The number of nitrogens with zero attached hydrogens (tertiary/aromatic N) is 1. The van der Waals surface area contributed by atoms with E-state index < -0.39 is 11.8 Å². The van der Waals surface area contributed by atoms with Crippen molar-refractivity contribution in [2.45, 2.75) is 6.92 Å². The van der Waals surface area contributed by atoms with Crippen LogP contribution in [0, 0.1) is 6.92 Å². The molecule has 120 valence electrons. The third-order valence-corrected chi connectivity index (χ3v) is 5.02. The lowest BCUT2D eigenvalue weighted by molar-refractivity contribution is -0.120. The Morgan fingerprint density at radius 1 is 1.12 bits per heavy atom. The van der Waals surface area contributed by atoms with E-state index in [1.54, 1.807) is 42.5 Å². The number of imide groups is 1. The van der Waals surface area contributed by atoms with E-state index in [-0.39, 0.29) is 4.32 Å². The number of hydrogen-bond acceptors (Lipinski definition) is 4. The number of rotatable bonds is 2. The van der Waals surface area contributed by atoms with Gasteiger partial charge in [-0.2, -0.15) is 0 Å². The van der Waals surface area contributed by atoms with Crippen LogP contribution in [-0.2, 0) is 4.79 Å². The third kappa shape index (κ3) is 3.43. The van der Waals surface area contributed by atoms with Crippen LogP contribution in [0.5, 0.6) is 0 Å². The van der Waals surface area contributed by atoms with Gasteiger partial charge in [0.2, 0.25) is 0 Å². The van der Waals surface area contributed by atoms with E-state index in [1.807, 2.05) is 19.1 Å². The summed E-state index contributed by atoms with van der Waals surface area (Å²) in [5.74, 6) is -0.803. The molecule has 1 aliphatic rings. The molecule has 0 aromatic heterocycles. The van der Waals surface area contributed by atoms with Crippen LogP contribution in [0.25, 0.3) is 6.08 Å². The molecule has 0 unspecified atom stereocenters. The second-order valence-electron chi connectivity index (χ2n) is 5.24. The molecule has 0 aliphatic carbocycles. The average Bonchev–Trinajstić information content (AvgIpc) is 2.83. The van der Waals surface area contributed by atoms with E-state index in [0.29, 0.717) is 15.5 Å². The molecule has 1 saturated heterocycles. The minimum absolute atomic E-state index is 0.241. The third-order valence-electron chi connectivity index (χ3n) is 3.46. The molecule has 2 aromatic carbocycles. The monoisotopic (exact) mass is 373 g/mol. The van der Waals surface area contributed by atoms with Crippen molar-refractivity contribution >= 4 is 57.8 Å². The zero-order valence-electron chi connectivity index (χ0n) is 12.7. The maximum atomic E-state index is 12.6. The number of benzene rings is 2. The highest BCUT2D eigenvalue weighted by Crippen LogP contribution is 2.33.